The molecule has 0 radical (unpaired) electrons. The first-order valence-corrected chi connectivity index (χ1v) is 8.54. The molecule has 1 aliphatic rings. The lowest BCUT2D eigenvalue weighted by Crippen LogP contribution is -2.48. The van der Waals surface area contributed by atoms with Crippen molar-refractivity contribution in [3.8, 4) is 0 Å². The van der Waals surface area contributed by atoms with Crippen molar-refractivity contribution in [2.24, 2.45) is 0 Å². The summed E-state index contributed by atoms with van der Waals surface area (Å²) >= 11 is 0. The predicted molar refractivity (Wildman–Crippen MR) is 102 cm³/mol. The number of halogens is 1. The summed E-state index contributed by atoms with van der Waals surface area (Å²) in [6.07, 6.45) is 1.38. The zero-order valence-electron chi connectivity index (χ0n) is 14.2. The molecule has 2 N–H and O–H groups in total. The number of amides is 1. The minimum absolute atomic E-state index is 0. The van der Waals surface area contributed by atoms with Gasteiger partial charge in [0.2, 0.25) is 0 Å². The van der Waals surface area contributed by atoms with Gasteiger partial charge in [-0.25, -0.2) is 0 Å². The molecular formula is C20H25ClN2O2. The summed E-state index contributed by atoms with van der Waals surface area (Å²) in [6, 6.07) is 20.5. The summed E-state index contributed by atoms with van der Waals surface area (Å²) in [5.41, 5.74) is 2.41. The second kappa shape index (κ2) is 10.2. The van der Waals surface area contributed by atoms with Gasteiger partial charge in [0, 0.05) is 13.1 Å². The van der Waals surface area contributed by atoms with Gasteiger partial charge in [0.25, 0.3) is 5.91 Å². The summed E-state index contributed by atoms with van der Waals surface area (Å²) in [4.78, 5) is 12.5. The molecule has 1 heterocycles. The molecule has 25 heavy (non-hydrogen) atoms. The van der Waals surface area contributed by atoms with Crippen molar-refractivity contribution in [1.82, 2.24) is 10.6 Å². The van der Waals surface area contributed by atoms with E-state index in [1.807, 2.05) is 36.4 Å². The maximum absolute atomic E-state index is 12.5. The molecule has 5 heteroatoms. The Hall–Kier alpha value is -1.88. The first-order valence-electron chi connectivity index (χ1n) is 8.54. The average molecular weight is 361 g/mol. The summed E-state index contributed by atoms with van der Waals surface area (Å²) in [5, 5.41) is 6.37. The Morgan fingerprint density at radius 1 is 1.12 bits per heavy atom. The molecule has 0 aromatic heterocycles. The highest BCUT2D eigenvalue weighted by Gasteiger charge is 2.24. The number of morpholine rings is 1. The molecule has 3 rings (SSSR count). The highest BCUT2D eigenvalue weighted by Crippen LogP contribution is 2.19. The van der Waals surface area contributed by atoms with Crippen LogP contribution in [0.3, 0.4) is 0 Å². The van der Waals surface area contributed by atoms with Crippen molar-refractivity contribution in [3.63, 3.8) is 0 Å². The Kier molecular flexibility index (Phi) is 7.92. The van der Waals surface area contributed by atoms with Gasteiger partial charge in [-0.05, 0) is 24.0 Å². The lowest BCUT2D eigenvalue weighted by atomic mass is 9.98. The van der Waals surface area contributed by atoms with Crippen LogP contribution in [0.4, 0.5) is 0 Å². The van der Waals surface area contributed by atoms with Gasteiger partial charge in [-0.2, -0.15) is 0 Å². The van der Waals surface area contributed by atoms with Crippen LogP contribution in [-0.4, -0.2) is 31.7 Å². The van der Waals surface area contributed by atoms with E-state index >= 15 is 0 Å². The summed E-state index contributed by atoms with van der Waals surface area (Å²) in [6.45, 7) is 1.96. The van der Waals surface area contributed by atoms with Crippen LogP contribution in [-0.2, 0) is 16.0 Å². The number of nitrogens with one attached hydrogen (secondary N) is 2. The molecule has 1 amide bonds. The van der Waals surface area contributed by atoms with E-state index in [9.17, 15) is 4.79 Å². The van der Waals surface area contributed by atoms with E-state index in [2.05, 4.69) is 34.9 Å². The van der Waals surface area contributed by atoms with Gasteiger partial charge in [-0.15, -0.1) is 12.4 Å². The summed E-state index contributed by atoms with van der Waals surface area (Å²) < 4.78 is 5.56. The molecule has 1 saturated heterocycles. The van der Waals surface area contributed by atoms with Crippen LogP contribution in [0.2, 0.25) is 0 Å². The summed E-state index contributed by atoms with van der Waals surface area (Å²) in [5.74, 6) is -0.0379. The fourth-order valence-electron chi connectivity index (χ4n) is 2.96. The maximum Gasteiger partial charge on any atom is 0.250 e. The first-order chi connectivity index (χ1) is 11.8. The van der Waals surface area contributed by atoms with E-state index in [0.29, 0.717) is 13.2 Å². The number of hydrogen-bond donors (Lipinski definition) is 2. The summed E-state index contributed by atoms with van der Waals surface area (Å²) in [7, 11) is 0. The van der Waals surface area contributed by atoms with Gasteiger partial charge in [0.15, 0.2) is 0 Å². The van der Waals surface area contributed by atoms with Crippen molar-refractivity contribution >= 4 is 18.3 Å². The monoisotopic (exact) mass is 360 g/mol. The second-order valence-corrected chi connectivity index (χ2v) is 6.06. The van der Waals surface area contributed by atoms with Gasteiger partial charge in [0.05, 0.1) is 12.6 Å². The molecule has 0 bridgehead atoms. The average Bonchev–Trinajstić information content (AvgIpc) is 2.67. The van der Waals surface area contributed by atoms with E-state index in [1.165, 1.54) is 5.56 Å². The highest BCUT2D eigenvalue weighted by atomic mass is 35.5. The van der Waals surface area contributed by atoms with Crippen molar-refractivity contribution in [3.05, 3.63) is 71.8 Å². The molecule has 1 aliphatic heterocycles. The molecule has 0 aliphatic carbocycles. The third-order valence-corrected chi connectivity index (χ3v) is 4.30. The number of benzene rings is 2. The number of aryl methyl sites for hydroxylation is 1. The highest BCUT2D eigenvalue weighted by molar-refractivity contribution is 5.85. The van der Waals surface area contributed by atoms with Crippen LogP contribution in [0.5, 0.6) is 0 Å². The quantitative estimate of drug-likeness (QED) is 0.832. The van der Waals surface area contributed by atoms with Crippen LogP contribution in [0, 0.1) is 0 Å². The van der Waals surface area contributed by atoms with Gasteiger partial charge in [-0.3, -0.25) is 4.79 Å². The first kappa shape index (κ1) is 19.4. The molecular weight excluding hydrogens is 336 g/mol. The van der Waals surface area contributed by atoms with Crippen molar-refractivity contribution < 1.29 is 9.53 Å². The smallest absolute Gasteiger partial charge is 0.250 e. The molecule has 4 nitrogen and oxygen atoms in total. The molecule has 134 valence electrons. The van der Waals surface area contributed by atoms with Crippen LogP contribution in [0.1, 0.15) is 23.6 Å². The van der Waals surface area contributed by atoms with Crippen molar-refractivity contribution in [2.75, 3.05) is 19.7 Å². The van der Waals surface area contributed by atoms with E-state index < -0.39 is 6.10 Å². The Balaban J connectivity index is 0.00000225. The normalized spacial score (nSPS) is 18.0. The fourth-order valence-corrected chi connectivity index (χ4v) is 2.96. The SMILES string of the molecule is Cl.O=C(NC(CCc1ccccc1)c1ccccc1)C1CNCCO1. The van der Waals surface area contributed by atoms with Crippen LogP contribution < -0.4 is 10.6 Å². The zero-order valence-corrected chi connectivity index (χ0v) is 15.0. The Labute approximate surface area is 155 Å². The van der Waals surface area contributed by atoms with E-state index in [-0.39, 0.29) is 24.4 Å². The fraction of sp³-hybridized carbons (Fsp3) is 0.350. The van der Waals surface area contributed by atoms with Gasteiger partial charge in [0.1, 0.15) is 6.10 Å². The topological polar surface area (TPSA) is 50.4 Å². The van der Waals surface area contributed by atoms with Crippen LogP contribution in [0.25, 0.3) is 0 Å². The molecule has 2 aromatic rings. The van der Waals surface area contributed by atoms with Crippen LogP contribution >= 0.6 is 12.4 Å². The van der Waals surface area contributed by atoms with Crippen molar-refractivity contribution in [2.45, 2.75) is 25.0 Å². The van der Waals surface area contributed by atoms with Gasteiger partial charge < -0.3 is 15.4 Å². The van der Waals surface area contributed by atoms with Gasteiger partial charge in [-0.1, -0.05) is 60.7 Å². The van der Waals surface area contributed by atoms with E-state index in [0.717, 1.165) is 24.9 Å². The van der Waals surface area contributed by atoms with Crippen LogP contribution in [0.15, 0.2) is 60.7 Å². The Morgan fingerprint density at radius 2 is 1.80 bits per heavy atom. The molecule has 2 atom stereocenters. The third kappa shape index (κ3) is 5.85. The number of carbonyl (C=O) groups is 1. The second-order valence-electron chi connectivity index (χ2n) is 6.06. The zero-order chi connectivity index (χ0) is 16.6. The molecule has 0 spiro atoms. The molecule has 1 fully saturated rings. The minimum Gasteiger partial charge on any atom is -0.366 e. The lowest BCUT2D eigenvalue weighted by molar-refractivity contribution is -0.135. The van der Waals surface area contributed by atoms with Gasteiger partial charge >= 0.3 is 0 Å². The minimum atomic E-state index is -0.401. The Bertz CT molecular complexity index is 631. The molecule has 0 saturated carbocycles. The number of rotatable bonds is 6. The van der Waals surface area contributed by atoms with Crippen molar-refractivity contribution in [1.29, 1.82) is 0 Å². The standard InChI is InChI=1S/C20H24N2O2.ClH/c23-20(19-15-21-13-14-24-19)22-18(17-9-5-2-6-10-17)12-11-16-7-3-1-4-8-16;/h1-10,18-19,21H,11-15H2,(H,22,23);1H. The van der Waals surface area contributed by atoms with E-state index in [1.54, 1.807) is 0 Å². The molecule has 2 aromatic carbocycles. The Morgan fingerprint density at radius 3 is 2.44 bits per heavy atom. The van der Waals surface area contributed by atoms with E-state index in [4.69, 9.17) is 4.74 Å². The number of hydrogen-bond acceptors (Lipinski definition) is 3. The largest absolute Gasteiger partial charge is 0.366 e. The lowest BCUT2D eigenvalue weighted by Gasteiger charge is -2.26. The predicted octanol–water partition coefficient (Wildman–Crippen LogP) is 2.89. The third-order valence-electron chi connectivity index (χ3n) is 4.30. The molecule has 2 unspecified atom stereocenters. The maximum atomic E-state index is 12.5. The number of carbonyl (C=O) groups excluding carboxylic acids is 1. The number of ether oxygens (including phenoxy) is 1.